The SMILES string of the molecule is C=C(C)C(=O)Oc1ccc(-c2ccc(OC(=O)C(C)C)cc2)cc1-c1ccc(C(=C)C)cc1. The first-order valence-electron chi connectivity index (χ1n) is 10.8. The van der Waals surface area contributed by atoms with Gasteiger partial charge in [-0.2, -0.15) is 0 Å². The number of allylic oxidation sites excluding steroid dienone is 1. The Morgan fingerprint density at radius 3 is 1.88 bits per heavy atom. The van der Waals surface area contributed by atoms with Crippen molar-refractivity contribution in [3.05, 3.63) is 91.0 Å². The van der Waals surface area contributed by atoms with Gasteiger partial charge in [-0.25, -0.2) is 4.79 Å². The van der Waals surface area contributed by atoms with E-state index >= 15 is 0 Å². The van der Waals surface area contributed by atoms with E-state index in [4.69, 9.17) is 9.47 Å². The van der Waals surface area contributed by atoms with E-state index in [1.54, 1.807) is 39.0 Å². The van der Waals surface area contributed by atoms with Crippen LogP contribution in [0, 0.1) is 5.92 Å². The Balaban J connectivity index is 1.99. The zero-order valence-corrected chi connectivity index (χ0v) is 19.5. The van der Waals surface area contributed by atoms with Crippen LogP contribution in [-0.4, -0.2) is 11.9 Å². The molecule has 0 N–H and O–H groups in total. The molecule has 0 saturated carbocycles. The Kier molecular flexibility index (Phi) is 7.29. The molecule has 168 valence electrons. The van der Waals surface area contributed by atoms with Gasteiger partial charge in [0.1, 0.15) is 11.5 Å². The van der Waals surface area contributed by atoms with E-state index in [0.29, 0.717) is 17.1 Å². The highest BCUT2D eigenvalue weighted by molar-refractivity contribution is 5.91. The minimum atomic E-state index is -0.473. The van der Waals surface area contributed by atoms with E-state index < -0.39 is 5.97 Å². The summed E-state index contributed by atoms with van der Waals surface area (Å²) >= 11 is 0. The van der Waals surface area contributed by atoms with E-state index in [9.17, 15) is 9.59 Å². The van der Waals surface area contributed by atoms with Crippen molar-refractivity contribution in [2.24, 2.45) is 5.92 Å². The summed E-state index contributed by atoms with van der Waals surface area (Å²) in [6, 6.07) is 20.9. The molecular weight excluding hydrogens is 412 g/mol. The lowest BCUT2D eigenvalue weighted by Crippen LogP contribution is -2.14. The molecule has 33 heavy (non-hydrogen) atoms. The van der Waals surface area contributed by atoms with Crippen molar-refractivity contribution in [1.82, 2.24) is 0 Å². The van der Waals surface area contributed by atoms with Gasteiger partial charge in [-0.3, -0.25) is 4.79 Å². The normalized spacial score (nSPS) is 10.6. The summed E-state index contributed by atoms with van der Waals surface area (Å²) in [5.41, 5.74) is 5.92. The zero-order chi connectivity index (χ0) is 24.1. The van der Waals surface area contributed by atoms with E-state index in [-0.39, 0.29) is 11.9 Å². The maximum atomic E-state index is 12.2. The number of ether oxygens (including phenoxy) is 2. The first-order valence-corrected chi connectivity index (χ1v) is 10.8. The fourth-order valence-corrected chi connectivity index (χ4v) is 3.09. The molecule has 0 radical (unpaired) electrons. The monoisotopic (exact) mass is 440 g/mol. The van der Waals surface area contributed by atoms with Gasteiger partial charge < -0.3 is 9.47 Å². The summed E-state index contributed by atoms with van der Waals surface area (Å²) in [6.45, 7) is 14.8. The highest BCUT2D eigenvalue weighted by Crippen LogP contribution is 2.36. The van der Waals surface area contributed by atoms with E-state index in [2.05, 4.69) is 13.2 Å². The van der Waals surface area contributed by atoms with Crippen molar-refractivity contribution in [2.75, 3.05) is 0 Å². The highest BCUT2D eigenvalue weighted by Gasteiger charge is 2.14. The largest absolute Gasteiger partial charge is 0.426 e. The van der Waals surface area contributed by atoms with Crippen LogP contribution < -0.4 is 9.47 Å². The molecule has 0 aliphatic rings. The van der Waals surface area contributed by atoms with Crippen molar-refractivity contribution in [2.45, 2.75) is 27.7 Å². The molecule has 0 atom stereocenters. The summed E-state index contributed by atoms with van der Waals surface area (Å²) in [6.07, 6.45) is 0. The molecule has 3 aromatic rings. The van der Waals surface area contributed by atoms with Gasteiger partial charge in [0, 0.05) is 11.1 Å². The molecule has 0 fully saturated rings. The predicted molar refractivity (Wildman–Crippen MR) is 133 cm³/mol. The topological polar surface area (TPSA) is 52.6 Å². The van der Waals surface area contributed by atoms with Gasteiger partial charge in [0.2, 0.25) is 0 Å². The number of hydrogen-bond acceptors (Lipinski definition) is 4. The second kappa shape index (κ2) is 10.1. The molecule has 0 aromatic heterocycles. The zero-order valence-electron chi connectivity index (χ0n) is 19.5. The Labute approximate surface area is 195 Å². The first-order chi connectivity index (χ1) is 15.7. The van der Waals surface area contributed by atoms with Crippen LogP contribution in [0.15, 0.2) is 85.5 Å². The lowest BCUT2D eigenvalue weighted by Gasteiger charge is -2.14. The fourth-order valence-electron chi connectivity index (χ4n) is 3.09. The minimum Gasteiger partial charge on any atom is -0.426 e. The van der Waals surface area contributed by atoms with Crippen LogP contribution >= 0.6 is 0 Å². The quantitative estimate of drug-likeness (QED) is 0.223. The third-order valence-corrected chi connectivity index (χ3v) is 5.10. The number of hydrogen-bond donors (Lipinski definition) is 0. The number of carbonyl (C=O) groups is 2. The molecule has 0 saturated heterocycles. The standard InChI is InChI=1S/C29H28O4/c1-18(2)21-7-9-23(10-8-21)26-17-24(13-16-27(26)33-29(31)20(5)6)22-11-14-25(15-12-22)32-28(30)19(3)4/h7-17,19H,1,5H2,2-4,6H3. The van der Waals surface area contributed by atoms with E-state index in [0.717, 1.165) is 33.4 Å². The van der Waals surface area contributed by atoms with Crippen LogP contribution in [-0.2, 0) is 9.59 Å². The Morgan fingerprint density at radius 1 is 0.758 bits per heavy atom. The molecule has 0 bridgehead atoms. The summed E-state index contributed by atoms with van der Waals surface area (Å²) < 4.78 is 11.0. The third kappa shape index (κ3) is 5.86. The highest BCUT2D eigenvalue weighted by atomic mass is 16.5. The second-order valence-corrected chi connectivity index (χ2v) is 8.34. The number of esters is 2. The predicted octanol–water partition coefficient (Wildman–Crippen LogP) is 7.10. The molecule has 0 amide bonds. The molecule has 0 aliphatic heterocycles. The summed E-state index contributed by atoms with van der Waals surface area (Å²) in [5, 5.41) is 0. The third-order valence-electron chi connectivity index (χ3n) is 5.10. The summed E-state index contributed by atoms with van der Waals surface area (Å²) in [4.78, 5) is 24.0. The Hall–Kier alpha value is -3.92. The van der Waals surface area contributed by atoms with Gasteiger partial charge in [-0.05, 0) is 60.4 Å². The van der Waals surface area contributed by atoms with Crippen LogP contribution in [0.3, 0.4) is 0 Å². The molecule has 3 aromatic carbocycles. The summed E-state index contributed by atoms with van der Waals surface area (Å²) in [5.74, 6) is 0.0149. The lowest BCUT2D eigenvalue weighted by atomic mass is 9.96. The molecule has 3 rings (SSSR count). The summed E-state index contributed by atoms with van der Waals surface area (Å²) in [7, 11) is 0. The van der Waals surface area contributed by atoms with Crippen LogP contribution in [0.1, 0.15) is 33.3 Å². The van der Waals surface area contributed by atoms with Crippen molar-refractivity contribution in [3.8, 4) is 33.8 Å². The van der Waals surface area contributed by atoms with Crippen LogP contribution in [0.4, 0.5) is 0 Å². The number of benzene rings is 3. The van der Waals surface area contributed by atoms with Gasteiger partial charge in [0.15, 0.2) is 0 Å². The molecule has 0 spiro atoms. The van der Waals surface area contributed by atoms with Gasteiger partial charge in [0.05, 0.1) is 5.92 Å². The van der Waals surface area contributed by atoms with Gasteiger partial charge >= 0.3 is 11.9 Å². The van der Waals surface area contributed by atoms with Crippen LogP contribution in [0.5, 0.6) is 11.5 Å². The molecule has 0 aliphatic carbocycles. The molecule has 0 unspecified atom stereocenters. The van der Waals surface area contributed by atoms with E-state index in [1.807, 2.05) is 55.5 Å². The molecule has 4 nitrogen and oxygen atoms in total. The van der Waals surface area contributed by atoms with Crippen LogP contribution in [0.25, 0.3) is 27.8 Å². The lowest BCUT2D eigenvalue weighted by molar-refractivity contribution is -0.137. The van der Waals surface area contributed by atoms with Crippen LogP contribution in [0.2, 0.25) is 0 Å². The molecular formula is C29H28O4. The van der Waals surface area contributed by atoms with Crippen molar-refractivity contribution in [3.63, 3.8) is 0 Å². The van der Waals surface area contributed by atoms with Gasteiger partial charge in [-0.15, -0.1) is 0 Å². The average molecular weight is 441 g/mol. The Morgan fingerprint density at radius 2 is 1.33 bits per heavy atom. The first kappa shape index (κ1) is 23.7. The average Bonchev–Trinajstić information content (AvgIpc) is 2.79. The van der Waals surface area contributed by atoms with Gasteiger partial charge in [0.25, 0.3) is 0 Å². The number of rotatable bonds is 7. The number of carbonyl (C=O) groups excluding carboxylic acids is 2. The fraction of sp³-hybridized carbons (Fsp3) is 0.172. The van der Waals surface area contributed by atoms with Gasteiger partial charge in [-0.1, -0.05) is 75.0 Å². The maximum absolute atomic E-state index is 12.2. The second-order valence-electron chi connectivity index (χ2n) is 8.34. The molecule has 4 heteroatoms. The smallest absolute Gasteiger partial charge is 0.338 e. The van der Waals surface area contributed by atoms with Crippen molar-refractivity contribution in [1.29, 1.82) is 0 Å². The minimum absolute atomic E-state index is 0.196. The van der Waals surface area contributed by atoms with E-state index in [1.165, 1.54) is 0 Å². The van der Waals surface area contributed by atoms with Crippen molar-refractivity contribution < 1.29 is 19.1 Å². The molecule has 0 heterocycles. The van der Waals surface area contributed by atoms with Crippen molar-refractivity contribution >= 4 is 17.5 Å². The Bertz CT molecular complexity index is 1200. The maximum Gasteiger partial charge on any atom is 0.338 e.